The first kappa shape index (κ1) is 22.9. The summed E-state index contributed by atoms with van der Waals surface area (Å²) in [4.78, 5) is 15.7. The van der Waals surface area contributed by atoms with E-state index in [4.69, 9.17) is 0 Å². The Morgan fingerprint density at radius 2 is 1.81 bits per heavy atom. The monoisotopic (exact) mass is 484 g/mol. The maximum Gasteiger partial charge on any atom is 0.221 e. The Hall–Kier alpha value is -2.16. The molecule has 2 aromatic rings. The van der Waals surface area contributed by atoms with E-state index >= 15 is 0 Å². The average Bonchev–Trinajstić information content (AvgIpc) is 2.59. The molecule has 146 valence electrons. The quantitative estimate of drug-likeness (QED) is 0.319. The summed E-state index contributed by atoms with van der Waals surface area (Å²) in [6.07, 6.45) is 0.709. The third-order valence-electron chi connectivity index (χ3n) is 3.61. The van der Waals surface area contributed by atoms with Gasteiger partial charge in [0.25, 0.3) is 0 Å². The van der Waals surface area contributed by atoms with Crippen molar-refractivity contribution in [2.75, 3.05) is 18.4 Å². The highest BCUT2D eigenvalue weighted by atomic mass is 127. The van der Waals surface area contributed by atoms with Crippen LogP contribution in [0.25, 0.3) is 0 Å². The highest BCUT2D eigenvalue weighted by Gasteiger charge is 2.01. The highest BCUT2D eigenvalue weighted by molar-refractivity contribution is 14.0. The van der Waals surface area contributed by atoms with Crippen molar-refractivity contribution in [3.63, 3.8) is 0 Å². The lowest BCUT2D eigenvalue weighted by Crippen LogP contribution is -2.38. The number of hydrogen-bond donors (Lipinski definition) is 3. The number of benzene rings is 2. The van der Waals surface area contributed by atoms with Gasteiger partial charge < -0.3 is 16.0 Å². The number of guanidine groups is 1. The van der Waals surface area contributed by atoms with Crippen molar-refractivity contribution in [3.8, 4) is 0 Å². The fourth-order valence-electron chi connectivity index (χ4n) is 2.48. The van der Waals surface area contributed by atoms with Crippen LogP contribution in [0.15, 0.2) is 53.5 Å². The van der Waals surface area contributed by atoms with Gasteiger partial charge in [-0.15, -0.1) is 24.0 Å². The predicted octanol–water partition coefficient (Wildman–Crippen LogP) is 3.70. The number of carbonyl (C=O) groups is 1. The average molecular weight is 484 g/mol. The number of hydrogen-bond acceptors (Lipinski definition) is 2. The minimum atomic E-state index is -0.220. The lowest BCUT2D eigenvalue weighted by atomic mass is 10.1. The van der Waals surface area contributed by atoms with Crippen molar-refractivity contribution in [3.05, 3.63) is 65.5 Å². The van der Waals surface area contributed by atoms with Crippen LogP contribution < -0.4 is 16.0 Å². The Balaban J connectivity index is 0.00000364. The van der Waals surface area contributed by atoms with Crippen molar-refractivity contribution in [2.45, 2.75) is 26.8 Å². The standard InChI is InChI=1S/C20H25FN4O.HI/c1-3-22-20(23-11-10-16-6-4-8-18(21)12-16)24-14-17-7-5-9-19(13-17)25-15(2)26;/h4-9,12-13H,3,10-11,14H2,1-2H3,(H,25,26)(H2,22,23,24);1H. The molecule has 0 heterocycles. The molecule has 0 aliphatic heterocycles. The fourth-order valence-corrected chi connectivity index (χ4v) is 2.48. The molecule has 2 aromatic carbocycles. The van der Waals surface area contributed by atoms with Gasteiger partial charge in [-0.25, -0.2) is 9.38 Å². The molecule has 2 rings (SSSR count). The van der Waals surface area contributed by atoms with Gasteiger partial charge in [-0.1, -0.05) is 24.3 Å². The molecule has 0 saturated heterocycles. The van der Waals surface area contributed by atoms with Gasteiger partial charge in [-0.2, -0.15) is 0 Å². The van der Waals surface area contributed by atoms with Crippen LogP contribution in [0, 0.1) is 5.82 Å². The number of rotatable bonds is 7. The number of nitrogens with one attached hydrogen (secondary N) is 3. The number of aliphatic imine (C=N–C) groups is 1. The SMILES string of the molecule is CCNC(=NCc1cccc(NC(C)=O)c1)NCCc1cccc(F)c1.I. The Morgan fingerprint density at radius 3 is 2.52 bits per heavy atom. The van der Waals surface area contributed by atoms with Crippen LogP contribution in [-0.4, -0.2) is 25.0 Å². The third-order valence-corrected chi connectivity index (χ3v) is 3.61. The zero-order valence-electron chi connectivity index (χ0n) is 15.6. The Labute approximate surface area is 176 Å². The summed E-state index contributed by atoms with van der Waals surface area (Å²) in [6, 6.07) is 14.2. The number of anilines is 1. The predicted molar refractivity (Wildman–Crippen MR) is 119 cm³/mol. The maximum absolute atomic E-state index is 13.2. The van der Waals surface area contributed by atoms with Gasteiger partial charge in [0.05, 0.1) is 6.54 Å². The van der Waals surface area contributed by atoms with E-state index in [2.05, 4.69) is 20.9 Å². The molecular weight excluding hydrogens is 458 g/mol. The van der Waals surface area contributed by atoms with Crippen LogP contribution in [0.2, 0.25) is 0 Å². The van der Waals surface area contributed by atoms with E-state index < -0.39 is 0 Å². The van der Waals surface area contributed by atoms with E-state index in [0.717, 1.165) is 23.4 Å². The Morgan fingerprint density at radius 1 is 1.07 bits per heavy atom. The molecule has 0 unspecified atom stereocenters. The summed E-state index contributed by atoms with van der Waals surface area (Å²) >= 11 is 0. The van der Waals surface area contributed by atoms with Gasteiger partial charge in [0.2, 0.25) is 5.91 Å². The van der Waals surface area contributed by atoms with Crippen LogP contribution in [0.1, 0.15) is 25.0 Å². The lowest BCUT2D eigenvalue weighted by molar-refractivity contribution is -0.114. The number of carbonyl (C=O) groups excluding carboxylic acids is 1. The molecule has 0 fully saturated rings. The molecule has 0 bridgehead atoms. The molecule has 0 aromatic heterocycles. The smallest absolute Gasteiger partial charge is 0.221 e. The third kappa shape index (κ3) is 8.85. The number of amides is 1. The minimum Gasteiger partial charge on any atom is -0.357 e. The van der Waals surface area contributed by atoms with Crippen LogP contribution >= 0.6 is 24.0 Å². The molecule has 0 aliphatic rings. The van der Waals surface area contributed by atoms with Gasteiger partial charge in [0.1, 0.15) is 5.82 Å². The van der Waals surface area contributed by atoms with Crippen molar-refractivity contribution in [1.29, 1.82) is 0 Å². The van der Waals surface area contributed by atoms with Crippen molar-refractivity contribution < 1.29 is 9.18 Å². The van der Waals surface area contributed by atoms with E-state index in [-0.39, 0.29) is 35.7 Å². The van der Waals surface area contributed by atoms with E-state index in [0.29, 0.717) is 25.5 Å². The van der Waals surface area contributed by atoms with Crippen LogP contribution in [-0.2, 0) is 17.8 Å². The van der Waals surface area contributed by atoms with E-state index in [1.165, 1.54) is 13.0 Å². The van der Waals surface area contributed by atoms with Gasteiger partial charge in [-0.05, 0) is 48.7 Å². The first-order chi connectivity index (χ1) is 12.6. The summed E-state index contributed by atoms with van der Waals surface area (Å²) in [5.41, 5.74) is 2.70. The summed E-state index contributed by atoms with van der Waals surface area (Å²) in [5.74, 6) is 0.383. The maximum atomic E-state index is 13.2. The van der Waals surface area contributed by atoms with Gasteiger partial charge in [0.15, 0.2) is 5.96 Å². The van der Waals surface area contributed by atoms with Crippen LogP contribution in [0.4, 0.5) is 10.1 Å². The first-order valence-electron chi connectivity index (χ1n) is 8.70. The molecule has 0 radical (unpaired) electrons. The van der Waals surface area contributed by atoms with Crippen molar-refractivity contribution >= 4 is 41.5 Å². The topological polar surface area (TPSA) is 65.5 Å². The fraction of sp³-hybridized carbons (Fsp3) is 0.300. The molecule has 0 spiro atoms. The van der Waals surface area contributed by atoms with Gasteiger partial charge >= 0.3 is 0 Å². The highest BCUT2D eigenvalue weighted by Crippen LogP contribution is 2.11. The largest absolute Gasteiger partial charge is 0.357 e. The van der Waals surface area contributed by atoms with Crippen LogP contribution in [0.3, 0.4) is 0 Å². The summed E-state index contributed by atoms with van der Waals surface area (Å²) in [5, 5.41) is 9.21. The second-order valence-corrected chi connectivity index (χ2v) is 5.88. The molecule has 5 nitrogen and oxygen atoms in total. The molecule has 0 atom stereocenters. The zero-order valence-corrected chi connectivity index (χ0v) is 17.9. The van der Waals surface area contributed by atoms with E-state index in [9.17, 15) is 9.18 Å². The molecule has 0 saturated carbocycles. The minimum absolute atomic E-state index is 0. The lowest BCUT2D eigenvalue weighted by Gasteiger charge is -2.11. The van der Waals surface area contributed by atoms with E-state index in [1.54, 1.807) is 12.1 Å². The number of nitrogens with zero attached hydrogens (tertiary/aromatic N) is 1. The number of halogens is 2. The summed E-state index contributed by atoms with van der Waals surface area (Å²) < 4.78 is 13.2. The van der Waals surface area contributed by atoms with Crippen LogP contribution in [0.5, 0.6) is 0 Å². The summed E-state index contributed by atoms with van der Waals surface area (Å²) in [6.45, 7) is 5.37. The molecule has 7 heteroatoms. The second kappa shape index (κ2) is 12.3. The molecule has 27 heavy (non-hydrogen) atoms. The molecular formula is C20H26FIN4O. The van der Waals surface area contributed by atoms with E-state index in [1.807, 2.05) is 37.3 Å². The van der Waals surface area contributed by atoms with Gasteiger partial charge in [0, 0.05) is 25.7 Å². The zero-order chi connectivity index (χ0) is 18.8. The molecule has 3 N–H and O–H groups in total. The van der Waals surface area contributed by atoms with Crippen molar-refractivity contribution in [2.24, 2.45) is 4.99 Å². The van der Waals surface area contributed by atoms with Crippen molar-refractivity contribution in [1.82, 2.24) is 10.6 Å². The normalized spacial score (nSPS) is 10.7. The molecule has 1 amide bonds. The Kier molecular flexibility index (Phi) is 10.4. The Bertz CT molecular complexity index is 767. The molecule has 0 aliphatic carbocycles. The van der Waals surface area contributed by atoms with Gasteiger partial charge in [-0.3, -0.25) is 4.79 Å². The second-order valence-electron chi connectivity index (χ2n) is 5.88. The first-order valence-corrected chi connectivity index (χ1v) is 8.70. The summed E-state index contributed by atoms with van der Waals surface area (Å²) in [7, 11) is 0.